The van der Waals surface area contributed by atoms with E-state index >= 15 is 0 Å². The molecule has 0 heterocycles. The van der Waals surface area contributed by atoms with Crippen molar-refractivity contribution in [1.82, 2.24) is 0 Å². The highest BCUT2D eigenvalue weighted by molar-refractivity contribution is 5.97. The molecule has 1 heteroatoms. The number of nitrogens with zero attached hydrogens (tertiary/aromatic N) is 1. The van der Waals surface area contributed by atoms with Gasteiger partial charge in [-0.1, -0.05) is 190 Å². The predicted octanol–water partition coefficient (Wildman–Crippen LogP) is 15.8. The van der Waals surface area contributed by atoms with Gasteiger partial charge in [-0.2, -0.15) is 0 Å². The molecule has 0 amide bonds. The molecule has 0 atom stereocenters. The first-order valence-electron chi connectivity index (χ1n) is 21.5. The molecule has 0 spiro atoms. The lowest BCUT2D eigenvalue weighted by Crippen LogP contribution is -2.28. The number of fused-ring (bicyclic) bond motifs is 6. The van der Waals surface area contributed by atoms with Crippen LogP contribution in [0.25, 0.3) is 44.5 Å². The van der Waals surface area contributed by atoms with Crippen LogP contribution < -0.4 is 4.90 Å². The molecule has 0 saturated heterocycles. The summed E-state index contributed by atoms with van der Waals surface area (Å²) in [5, 5.41) is 0. The maximum atomic E-state index is 2.48. The molecule has 0 aromatic heterocycles. The van der Waals surface area contributed by atoms with E-state index in [0.717, 1.165) is 11.4 Å². The molecule has 2 aliphatic rings. The number of hydrogen-bond donors (Lipinski definition) is 0. The van der Waals surface area contributed by atoms with E-state index in [9.17, 15) is 0 Å². The molecule has 0 bridgehead atoms. The van der Waals surface area contributed by atoms with Gasteiger partial charge in [0.2, 0.25) is 0 Å². The van der Waals surface area contributed by atoms with Crippen LogP contribution in [-0.2, 0) is 10.8 Å². The topological polar surface area (TPSA) is 3.24 Å². The van der Waals surface area contributed by atoms with Gasteiger partial charge < -0.3 is 4.90 Å². The summed E-state index contributed by atoms with van der Waals surface area (Å²) >= 11 is 0. The van der Waals surface area contributed by atoms with Crippen molar-refractivity contribution >= 4 is 17.1 Å². The van der Waals surface area contributed by atoms with Crippen LogP contribution >= 0.6 is 0 Å². The summed E-state index contributed by atoms with van der Waals surface area (Å²) in [5.41, 5.74) is 23.5. The van der Waals surface area contributed by atoms with Gasteiger partial charge >= 0.3 is 0 Å². The van der Waals surface area contributed by atoms with Crippen molar-refractivity contribution in [3.8, 4) is 44.5 Å². The van der Waals surface area contributed by atoms with Crippen molar-refractivity contribution in [3.63, 3.8) is 0 Å². The van der Waals surface area contributed by atoms with E-state index in [4.69, 9.17) is 0 Å². The second kappa shape index (κ2) is 14.2. The quantitative estimate of drug-likeness (QED) is 0.156. The van der Waals surface area contributed by atoms with Crippen molar-refractivity contribution in [2.45, 2.75) is 38.5 Å². The van der Waals surface area contributed by atoms with E-state index in [0.29, 0.717) is 0 Å². The van der Waals surface area contributed by atoms with Crippen LogP contribution in [0.5, 0.6) is 0 Å². The Morgan fingerprint density at radius 1 is 0.344 bits per heavy atom. The van der Waals surface area contributed by atoms with Crippen molar-refractivity contribution in [2.24, 2.45) is 0 Å². The minimum absolute atomic E-state index is 0.118. The summed E-state index contributed by atoms with van der Waals surface area (Å²) in [6.45, 7) is 9.31. The van der Waals surface area contributed by atoms with Gasteiger partial charge in [-0.25, -0.2) is 0 Å². The zero-order chi connectivity index (χ0) is 41.3. The summed E-state index contributed by atoms with van der Waals surface area (Å²) in [5.74, 6) is 0. The Balaban J connectivity index is 1.11. The summed E-state index contributed by atoms with van der Waals surface area (Å²) in [4.78, 5) is 2.48. The summed E-state index contributed by atoms with van der Waals surface area (Å²) in [6.07, 6.45) is 0. The molecule has 11 rings (SSSR count). The molecule has 0 aliphatic heterocycles. The van der Waals surface area contributed by atoms with Crippen LogP contribution in [0.4, 0.5) is 17.1 Å². The first-order valence-corrected chi connectivity index (χ1v) is 21.5. The van der Waals surface area contributed by atoms with Gasteiger partial charge in [0, 0.05) is 22.5 Å². The maximum absolute atomic E-state index is 2.48. The molecule has 0 N–H and O–H groups in total. The zero-order valence-corrected chi connectivity index (χ0v) is 35.2. The Kier molecular flexibility index (Phi) is 8.58. The maximum Gasteiger partial charge on any atom is 0.0713 e. The van der Waals surface area contributed by atoms with Crippen LogP contribution in [0.15, 0.2) is 212 Å². The Bertz CT molecular complexity index is 3080. The fourth-order valence-electron chi connectivity index (χ4n) is 10.8. The Morgan fingerprint density at radius 2 is 0.885 bits per heavy atom. The first-order chi connectivity index (χ1) is 29.9. The molecule has 2 aliphatic carbocycles. The Labute approximate surface area is 360 Å². The van der Waals surface area contributed by atoms with Gasteiger partial charge in [0.25, 0.3) is 0 Å². The number of benzene rings is 9. The normalized spacial score (nSPS) is 13.8. The van der Waals surface area contributed by atoms with Crippen LogP contribution in [0.1, 0.15) is 58.4 Å². The molecule has 9 aromatic carbocycles. The molecule has 292 valence electrons. The van der Waals surface area contributed by atoms with Crippen LogP contribution in [0, 0.1) is 13.8 Å². The summed E-state index contributed by atoms with van der Waals surface area (Å²) < 4.78 is 0. The van der Waals surface area contributed by atoms with Gasteiger partial charge in [0.1, 0.15) is 0 Å². The average Bonchev–Trinajstić information content (AvgIpc) is 3.74. The van der Waals surface area contributed by atoms with Crippen LogP contribution in [0.3, 0.4) is 0 Å². The summed E-state index contributed by atoms with van der Waals surface area (Å²) in [6, 6.07) is 78.9. The molecule has 61 heavy (non-hydrogen) atoms. The molecule has 1 nitrogen and oxygen atoms in total. The molecular formula is C60H47N. The third-order valence-electron chi connectivity index (χ3n) is 13.6. The molecule has 0 fully saturated rings. The lowest BCUT2D eigenvalue weighted by Gasteiger charge is -2.34. The fourth-order valence-corrected chi connectivity index (χ4v) is 10.8. The SMILES string of the molecule is Cc1cc(N(c2cccc(-c3ccccc3)c2)c2ccc3c(c2)C(C)(C)c2ccccc2-3)c(C)cc1-c1cccc2c1-c1ccccc1C2(c1ccccc1)c1ccccc1. The standard InChI is InChI=1S/C60H47N/c1-40-37-57(61(46-27-18-22-43(38-46)42-20-8-5-9-21-42)47-34-35-49-48-28-14-16-31-53(48)59(3,4)56(49)39-47)41(2)36-52(40)50-30-19-33-55-58(50)51-29-15-17-32-54(51)60(55,44-23-10-6-11-24-44)45-25-12-7-13-26-45/h5-39H,1-4H3. The van der Waals surface area contributed by atoms with Gasteiger partial charge in [0.15, 0.2) is 0 Å². The third kappa shape index (κ3) is 5.61. The lowest BCUT2D eigenvalue weighted by atomic mass is 9.67. The van der Waals surface area contributed by atoms with Gasteiger partial charge in [-0.15, -0.1) is 0 Å². The first kappa shape index (κ1) is 36.8. The van der Waals surface area contributed by atoms with Gasteiger partial charge in [0.05, 0.1) is 5.41 Å². The summed E-state index contributed by atoms with van der Waals surface area (Å²) in [7, 11) is 0. The lowest BCUT2D eigenvalue weighted by molar-refractivity contribution is 0.660. The van der Waals surface area contributed by atoms with E-state index in [1.165, 1.54) is 94.7 Å². The smallest absolute Gasteiger partial charge is 0.0713 e. The van der Waals surface area contributed by atoms with Crippen molar-refractivity contribution in [2.75, 3.05) is 4.90 Å². The molecule has 9 aromatic rings. The van der Waals surface area contributed by atoms with Crippen molar-refractivity contribution in [3.05, 3.63) is 257 Å². The third-order valence-corrected chi connectivity index (χ3v) is 13.6. The van der Waals surface area contributed by atoms with Crippen molar-refractivity contribution in [1.29, 1.82) is 0 Å². The molecule has 0 saturated carbocycles. The monoisotopic (exact) mass is 781 g/mol. The highest BCUT2D eigenvalue weighted by Gasteiger charge is 2.47. The average molecular weight is 782 g/mol. The van der Waals surface area contributed by atoms with Crippen molar-refractivity contribution < 1.29 is 0 Å². The van der Waals surface area contributed by atoms with Gasteiger partial charge in [-0.3, -0.25) is 0 Å². The number of aryl methyl sites for hydroxylation is 2. The highest BCUT2D eigenvalue weighted by atomic mass is 15.1. The van der Waals surface area contributed by atoms with E-state index in [2.05, 4.69) is 245 Å². The molecular weight excluding hydrogens is 735 g/mol. The minimum Gasteiger partial charge on any atom is -0.310 e. The Hall–Kier alpha value is -7.22. The second-order valence-electron chi connectivity index (χ2n) is 17.4. The highest BCUT2D eigenvalue weighted by Crippen LogP contribution is 2.59. The fraction of sp³-hybridized carbons (Fsp3) is 0.100. The predicted molar refractivity (Wildman–Crippen MR) is 256 cm³/mol. The van der Waals surface area contributed by atoms with E-state index in [-0.39, 0.29) is 5.41 Å². The molecule has 0 unspecified atom stereocenters. The van der Waals surface area contributed by atoms with Crippen LogP contribution in [0.2, 0.25) is 0 Å². The Morgan fingerprint density at radius 3 is 1.61 bits per heavy atom. The second-order valence-corrected chi connectivity index (χ2v) is 17.4. The zero-order valence-electron chi connectivity index (χ0n) is 35.2. The van der Waals surface area contributed by atoms with Gasteiger partial charge in [-0.05, 0) is 139 Å². The number of hydrogen-bond acceptors (Lipinski definition) is 1. The van der Waals surface area contributed by atoms with E-state index < -0.39 is 5.41 Å². The number of anilines is 3. The van der Waals surface area contributed by atoms with E-state index in [1.54, 1.807) is 0 Å². The van der Waals surface area contributed by atoms with E-state index in [1.807, 2.05) is 0 Å². The molecule has 0 radical (unpaired) electrons. The number of rotatable bonds is 7. The minimum atomic E-state index is -0.449. The van der Waals surface area contributed by atoms with Crippen LogP contribution in [-0.4, -0.2) is 0 Å². The largest absolute Gasteiger partial charge is 0.310 e.